The second-order valence-electron chi connectivity index (χ2n) is 3.59. The first kappa shape index (κ1) is 12.4. The van der Waals surface area contributed by atoms with E-state index in [1.807, 2.05) is 4.98 Å². The van der Waals surface area contributed by atoms with E-state index in [1.54, 1.807) is 0 Å². The summed E-state index contributed by atoms with van der Waals surface area (Å²) in [6.45, 7) is -0.0657. The first-order valence-corrected chi connectivity index (χ1v) is 5.02. The number of rotatable bonds is 3. The van der Waals surface area contributed by atoms with Crippen LogP contribution in [-0.2, 0) is 6.54 Å². The van der Waals surface area contributed by atoms with Gasteiger partial charge in [-0.05, 0) is 0 Å². The Kier molecular flexibility index (Phi) is 3.06. The summed E-state index contributed by atoms with van der Waals surface area (Å²) in [6.07, 6.45) is 3.48. The van der Waals surface area contributed by atoms with E-state index in [-0.39, 0.29) is 12.4 Å². The van der Waals surface area contributed by atoms with Gasteiger partial charge < -0.3 is 5.73 Å². The molecule has 2 heterocycles. The molecule has 0 aliphatic rings. The molecule has 0 aliphatic carbocycles. The maximum Gasteiger partial charge on any atom is 0.350 e. The van der Waals surface area contributed by atoms with Crippen molar-refractivity contribution < 1.29 is 4.92 Å². The Morgan fingerprint density at radius 2 is 2.11 bits per heavy atom. The smallest absolute Gasteiger partial charge is 0.350 e. The third kappa shape index (κ3) is 2.62. The van der Waals surface area contributed by atoms with Gasteiger partial charge in [-0.15, -0.1) is 0 Å². The number of nitrogens with one attached hydrogen (secondary N) is 1. The molecule has 0 bridgehead atoms. The molecule has 0 saturated carbocycles. The minimum absolute atomic E-state index is 0.0657. The first-order valence-electron chi connectivity index (χ1n) is 5.02. The zero-order valence-corrected chi connectivity index (χ0v) is 9.44. The number of nitro groups is 1. The Hall–Kier alpha value is -3.04. The van der Waals surface area contributed by atoms with Crippen LogP contribution < -0.4 is 17.0 Å². The minimum atomic E-state index is -1.05. The molecule has 98 valence electrons. The lowest BCUT2D eigenvalue weighted by Crippen LogP contribution is -2.31. The molecule has 0 fully saturated rings. The Morgan fingerprint density at radius 1 is 1.37 bits per heavy atom. The molecular weight excluding hydrogens is 256 g/mol. The second kappa shape index (κ2) is 4.68. The van der Waals surface area contributed by atoms with Gasteiger partial charge in [0.2, 0.25) is 0 Å². The van der Waals surface area contributed by atoms with Gasteiger partial charge in [0, 0.05) is 0 Å². The molecule has 0 unspecified atom stereocenters. The molecular formula is C9H8N6O4. The predicted molar refractivity (Wildman–Crippen MR) is 63.5 cm³/mol. The van der Waals surface area contributed by atoms with Crippen LogP contribution in [0.5, 0.6) is 0 Å². The van der Waals surface area contributed by atoms with E-state index in [9.17, 15) is 19.7 Å². The standard InChI is InChI=1S/C9H8N6O4/c10-7-2-11-5(1-12-7)3-14-4-6(15(18)19)8(16)13-9(14)17/h1-2,4H,3H2,(H2,10,12)(H,13,16,17). The average molecular weight is 264 g/mol. The fraction of sp³-hybridized carbons (Fsp3) is 0.111. The summed E-state index contributed by atoms with van der Waals surface area (Å²) in [5.74, 6) is 0.212. The van der Waals surface area contributed by atoms with Crippen LogP contribution in [0.2, 0.25) is 0 Å². The van der Waals surface area contributed by atoms with Crippen molar-refractivity contribution in [2.24, 2.45) is 0 Å². The van der Waals surface area contributed by atoms with Crippen molar-refractivity contribution in [3.63, 3.8) is 0 Å². The Labute approximate surface area is 104 Å². The summed E-state index contributed by atoms with van der Waals surface area (Å²) >= 11 is 0. The Balaban J connectivity index is 2.43. The van der Waals surface area contributed by atoms with Crippen LogP contribution in [-0.4, -0.2) is 24.4 Å². The molecule has 0 radical (unpaired) electrons. The monoisotopic (exact) mass is 264 g/mol. The van der Waals surface area contributed by atoms with Gasteiger partial charge in [0.1, 0.15) is 5.82 Å². The number of anilines is 1. The Morgan fingerprint density at radius 3 is 2.68 bits per heavy atom. The van der Waals surface area contributed by atoms with Gasteiger partial charge in [-0.1, -0.05) is 0 Å². The highest BCUT2D eigenvalue weighted by Gasteiger charge is 2.15. The highest BCUT2D eigenvalue weighted by atomic mass is 16.6. The lowest BCUT2D eigenvalue weighted by molar-refractivity contribution is -0.386. The summed E-state index contributed by atoms with van der Waals surface area (Å²) < 4.78 is 0.958. The number of nitrogens with zero attached hydrogens (tertiary/aromatic N) is 4. The van der Waals surface area contributed by atoms with Crippen molar-refractivity contribution in [1.82, 2.24) is 19.5 Å². The largest absolute Gasteiger partial charge is 0.382 e. The topological polar surface area (TPSA) is 150 Å². The second-order valence-corrected chi connectivity index (χ2v) is 3.59. The lowest BCUT2D eigenvalue weighted by atomic mass is 10.4. The van der Waals surface area contributed by atoms with Crippen molar-refractivity contribution in [1.29, 1.82) is 0 Å². The van der Waals surface area contributed by atoms with Crippen LogP contribution in [0.4, 0.5) is 11.5 Å². The minimum Gasteiger partial charge on any atom is -0.382 e. The lowest BCUT2D eigenvalue weighted by Gasteiger charge is -2.03. The van der Waals surface area contributed by atoms with Crippen molar-refractivity contribution in [3.05, 3.63) is 55.2 Å². The maximum atomic E-state index is 11.5. The van der Waals surface area contributed by atoms with Crippen molar-refractivity contribution in [3.8, 4) is 0 Å². The van der Waals surface area contributed by atoms with Crippen LogP contribution >= 0.6 is 0 Å². The van der Waals surface area contributed by atoms with Gasteiger partial charge in [-0.25, -0.2) is 9.78 Å². The van der Waals surface area contributed by atoms with E-state index in [2.05, 4.69) is 9.97 Å². The quantitative estimate of drug-likeness (QED) is 0.525. The molecule has 19 heavy (non-hydrogen) atoms. The molecule has 0 amide bonds. The number of hydrogen-bond acceptors (Lipinski definition) is 7. The summed E-state index contributed by atoms with van der Waals surface area (Å²) in [5, 5.41) is 10.6. The van der Waals surface area contributed by atoms with E-state index in [0.717, 1.165) is 10.8 Å². The number of aromatic amines is 1. The van der Waals surface area contributed by atoms with E-state index in [1.165, 1.54) is 12.4 Å². The highest BCUT2D eigenvalue weighted by molar-refractivity contribution is 5.24. The molecule has 0 aliphatic heterocycles. The summed E-state index contributed by atoms with van der Waals surface area (Å²) in [5.41, 5.74) is 3.19. The van der Waals surface area contributed by atoms with Gasteiger partial charge in [0.25, 0.3) is 0 Å². The molecule has 0 aromatic carbocycles. The molecule has 0 spiro atoms. The fourth-order valence-electron chi connectivity index (χ4n) is 1.37. The van der Waals surface area contributed by atoms with Crippen molar-refractivity contribution >= 4 is 11.5 Å². The predicted octanol–water partition coefficient (Wildman–Crippen LogP) is -1.13. The summed E-state index contributed by atoms with van der Waals surface area (Å²) in [7, 11) is 0. The van der Waals surface area contributed by atoms with E-state index in [4.69, 9.17) is 5.73 Å². The van der Waals surface area contributed by atoms with Gasteiger partial charge in [-0.2, -0.15) is 0 Å². The van der Waals surface area contributed by atoms with Gasteiger partial charge in [-0.3, -0.25) is 29.4 Å². The van der Waals surface area contributed by atoms with Crippen LogP contribution in [0.15, 0.2) is 28.2 Å². The number of aromatic nitrogens is 4. The fourth-order valence-corrected chi connectivity index (χ4v) is 1.37. The van der Waals surface area contributed by atoms with Crippen LogP contribution in [0, 0.1) is 10.1 Å². The van der Waals surface area contributed by atoms with E-state index in [0.29, 0.717) is 5.69 Å². The van der Waals surface area contributed by atoms with Crippen molar-refractivity contribution in [2.75, 3.05) is 5.73 Å². The number of nitrogens with two attached hydrogens (primary N) is 1. The maximum absolute atomic E-state index is 11.5. The van der Waals surface area contributed by atoms with Crippen molar-refractivity contribution in [2.45, 2.75) is 6.54 Å². The highest BCUT2D eigenvalue weighted by Crippen LogP contribution is 2.02. The molecule has 2 aromatic rings. The zero-order valence-electron chi connectivity index (χ0n) is 9.44. The number of nitrogen functional groups attached to an aromatic ring is 1. The third-order valence-electron chi connectivity index (χ3n) is 2.25. The van der Waals surface area contributed by atoms with Gasteiger partial charge >= 0.3 is 16.9 Å². The SMILES string of the molecule is Nc1cnc(Cn2cc([N+](=O)[O-])c(=O)[nH]c2=O)cn1. The van der Waals surface area contributed by atoms with Crippen LogP contribution in [0.1, 0.15) is 5.69 Å². The van der Waals surface area contributed by atoms with Gasteiger partial charge in [0.05, 0.1) is 35.8 Å². The molecule has 10 nitrogen and oxygen atoms in total. The van der Waals surface area contributed by atoms with E-state index < -0.39 is 21.9 Å². The molecule has 0 atom stereocenters. The van der Waals surface area contributed by atoms with E-state index >= 15 is 0 Å². The number of H-pyrrole nitrogens is 1. The normalized spacial score (nSPS) is 10.3. The molecule has 2 rings (SSSR count). The molecule has 10 heteroatoms. The van der Waals surface area contributed by atoms with Crippen LogP contribution in [0.25, 0.3) is 0 Å². The molecule has 3 N–H and O–H groups in total. The summed E-state index contributed by atoms with van der Waals surface area (Å²) in [4.78, 5) is 41.9. The number of hydrogen-bond donors (Lipinski definition) is 2. The molecule has 0 saturated heterocycles. The van der Waals surface area contributed by atoms with Crippen LogP contribution in [0.3, 0.4) is 0 Å². The average Bonchev–Trinajstić information content (AvgIpc) is 2.34. The Bertz CT molecular complexity index is 732. The molecule has 2 aromatic heterocycles. The summed E-state index contributed by atoms with van der Waals surface area (Å²) in [6, 6.07) is 0. The zero-order chi connectivity index (χ0) is 14.0. The first-order chi connectivity index (χ1) is 8.97. The van der Waals surface area contributed by atoms with Gasteiger partial charge in [0.15, 0.2) is 0 Å². The third-order valence-corrected chi connectivity index (χ3v) is 2.25.